The molecular formula is C24H32N2O. The van der Waals surface area contributed by atoms with Crippen LogP contribution in [0.1, 0.15) is 58.3 Å². The molecule has 0 amide bonds. The molecule has 0 aliphatic heterocycles. The first-order valence-electron chi connectivity index (χ1n) is 9.74. The van der Waals surface area contributed by atoms with Gasteiger partial charge >= 0.3 is 0 Å². The third-order valence-corrected chi connectivity index (χ3v) is 3.83. The number of fused-ring (bicyclic) bond motifs is 1. The Bertz CT molecular complexity index is 821. The smallest absolute Gasteiger partial charge is 0.167 e. The van der Waals surface area contributed by atoms with Crippen molar-refractivity contribution in [3.8, 4) is 0 Å². The van der Waals surface area contributed by atoms with Crippen molar-refractivity contribution >= 4 is 22.2 Å². The van der Waals surface area contributed by atoms with Crippen LogP contribution in [0.4, 0.5) is 5.69 Å². The Morgan fingerprint density at radius 3 is 2.15 bits per heavy atom. The molecule has 0 atom stereocenters. The summed E-state index contributed by atoms with van der Waals surface area (Å²) in [5.41, 5.74) is 1.36. The maximum Gasteiger partial charge on any atom is 0.167 e. The van der Waals surface area contributed by atoms with E-state index in [0.717, 1.165) is 16.5 Å². The molecule has 27 heavy (non-hydrogen) atoms. The third kappa shape index (κ3) is 6.52. The summed E-state index contributed by atoms with van der Waals surface area (Å²) in [6, 6.07) is 17.8. The highest BCUT2D eigenvalue weighted by atomic mass is 16.1. The standard InChI is InChI=1S/C20H20N2O.2C2H6/c1-20(2,22-16-9-4-3-5-10-16)12-19(23)18-14-21-13-15-8-6-7-11-17(15)18;2*1-2/h3-11,13-14,22H,12H2,1-2H3;2*1-2H3. The van der Waals surface area contributed by atoms with E-state index in [1.165, 1.54) is 0 Å². The summed E-state index contributed by atoms with van der Waals surface area (Å²) < 4.78 is 0. The van der Waals surface area contributed by atoms with Crippen molar-refractivity contribution in [2.75, 3.05) is 5.32 Å². The van der Waals surface area contributed by atoms with Crippen LogP contribution in [0.25, 0.3) is 10.8 Å². The van der Waals surface area contributed by atoms with Gasteiger partial charge in [0.2, 0.25) is 0 Å². The molecule has 0 unspecified atom stereocenters. The Labute approximate surface area is 163 Å². The molecule has 0 bridgehead atoms. The quantitative estimate of drug-likeness (QED) is 0.509. The molecule has 0 aliphatic rings. The number of hydrogen-bond acceptors (Lipinski definition) is 3. The predicted molar refractivity (Wildman–Crippen MR) is 118 cm³/mol. The van der Waals surface area contributed by atoms with Gasteiger partial charge in [-0.2, -0.15) is 0 Å². The second-order valence-electron chi connectivity index (χ2n) is 6.38. The van der Waals surface area contributed by atoms with Crippen LogP contribution >= 0.6 is 0 Å². The Morgan fingerprint density at radius 2 is 1.48 bits per heavy atom. The molecule has 0 aliphatic carbocycles. The van der Waals surface area contributed by atoms with Crippen LogP contribution < -0.4 is 5.32 Å². The van der Waals surface area contributed by atoms with Gasteiger partial charge in [-0.25, -0.2) is 0 Å². The average molecular weight is 365 g/mol. The second-order valence-corrected chi connectivity index (χ2v) is 6.38. The van der Waals surface area contributed by atoms with Crippen molar-refractivity contribution in [3.63, 3.8) is 0 Å². The van der Waals surface area contributed by atoms with Crippen LogP contribution in [0.15, 0.2) is 67.0 Å². The Kier molecular flexibility index (Phi) is 9.21. The number of nitrogens with zero attached hydrogens (tertiary/aromatic N) is 1. The third-order valence-electron chi connectivity index (χ3n) is 3.83. The van der Waals surface area contributed by atoms with Gasteiger partial charge in [0.1, 0.15) is 0 Å². The number of para-hydroxylation sites is 1. The largest absolute Gasteiger partial charge is 0.380 e. The summed E-state index contributed by atoms with van der Waals surface area (Å²) in [4.78, 5) is 17.0. The molecule has 3 nitrogen and oxygen atoms in total. The number of benzene rings is 2. The first-order chi connectivity index (χ1) is 13.1. The SMILES string of the molecule is CC.CC.CC(C)(CC(=O)c1cncc2ccccc12)Nc1ccccc1. The number of anilines is 1. The van der Waals surface area contributed by atoms with E-state index in [-0.39, 0.29) is 11.3 Å². The van der Waals surface area contributed by atoms with E-state index in [0.29, 0.717) is 12.0 Å². The first-order valence-corrected chi connectivity index (χ1v) is 9.74. The monoisotopic (exact) mass is 364 g/mol. The Balaban J connectivity index is 0.000000855. The lowest BCUT2D eigenvalue weighted by atomic mass is 9.92. The van der Waals surface area contributed by atoms with Crippen molar-refractivity contribution in [1.82, 2.24) is 4.98 Å². The fraction of sp³-hybridized carbons (Fsp3) is 0.333. The van der Waals surface area contributed by atoms with Crippen molar-refractivity contribution < 1.29 is 4.79 Å². The lowest BCUT2D eigenvalue weighted by molar-refractivity contribution is 0.0965. The molecule has 2 aromatic carbocycles. The molecule has 0 radical (unpaired) electrons. The number of hydrogen-bond donors (Lipinski definition) is 1. The minimum Gasteiger partial charge on any atom is -0.380 e. The molecule has 3 heteroatoms. The van der Waals surface area contributed by atoms with Crippen LogP contribution in [-0.4, -0.2) is 16.3 Å². The number of Topliss-reactive ketones (excluding diaryl/α,β-unsaturated/α-hetero) is 1. The summed E-state index contributed by atoms with van der Waals surface area (Å²) in [5, 5.41) is 5.38. The summed E-state index contributed by atoms with van der Waals surface area (Å²) >= 11 is 0. The van der Waals surface area contributed by atoms with E-state index in [4.69, 9.17) is 0 Å². The maximum absolute atomic E-state index is 12.8. The van der Waals surface area contributed by atoms with Crippen LogP contribution in [0.5, 0.6) is 0 Å². The van der Waals surface area contributed by atoms with Crippen molar-refractivity contribution in [1.29, 1.82) is 0 Å². The number of pyridine rings is 1. The fourth-order valence-corrected chi connectivity index (χ4v) is 2.79. The first kappa shape index (κ1) is 22.4. The minimum absolute atomic E-state index is 0.0998. The van der Waals surface area contributed by atoms with Crippen molar-refractivity contribution in [2.45, 2.75) is 53.5 Å². The van der Waals surface area contributed by atoms with Gasteiger partial charge in [-0.05, 0) is 31.4 Å². The lowest BCUT2D eigenvalue weighted by Crippen LogP contribution is -2.33. The minimum atomic E-state index is -0.338. The molecule has 0 saturated heterocycles. The maximum atomic E-state index is 12.8. The van der Waals surface area contributed by atoms with E-state index >= 15 is 0 Å². The van der Waals surface area contributed by atoms with Gasteiger partial charge in [-0.3, -0.25) is 9.78 Å². The Morgan fingerprint density at radius 1 is 0.889 bits per heavy atom. The molecule has 3 aromatic rings. The number of nitrogens with one attached hydrogen (secondary N) is 1. The molecule has 1 heterocycles. The lowest BCUT2D eigenvalue weighted by Gasteiger charge is -2.27. The van der Waals surface area contributed by atoms with E-state index in [1.807, 2.05) is 96.1 Å². The number of aromatic nitrogens is 1. The number of rotatable bonds is 5. The van der Waals surface area contributed by atoms with Crippen molar-refractivity contribution in [3.05, 3.63) is 72.6 Å². The predicted octanol–water partition coefficient (Wildman–Crippen LogP) is 6.75. The highest BCUT2D eigenvalue weighted by Gasteiger charge is 2.23. The molecule has 0 spiro atoms. The summed E-state index contributed by atoms with van der Waals surface area (Å²) in [6.45, 7) is 12.1. The van der Waals surface area contributed by atoms with Gasteiger partial charge in [0, 0.05) is 41.0 Å². The zero-order valence-corrected chi connectivity index (χ0v) is 17.4. The van der Waals surface area contributed by atoms with Gasteiger partial charge in [0.25, 0.3) is 0 Å². The van der Waals surface area contributed by atoms with Gasteiger partial charge in [-0.15, -0.1) is 0 Å². The van der Waals surface area contributed by atoms with Gasteiger partial charge in [-0.1, -0.05) is 70.2 Å². The van der Waals surface area contributed by atoms with Crippen LogP contribution in [-0.2, 0) is 0 Å². The average Bonchev–Trinajstić information content (AvgIpc) is 2.70. The van der Waals surface area contributed by atoms with Gasteiger partial charge in [0.15, 0.2) is 5.78 Å². The van der Waals surface area contributed by atoms with Crippen LogP contribution in [0, 0.1) is 0 Å². The Hall–Kier alpha value is -2.68. The number of carbonyl (C=O) groups excluding carboxylic acids is 1. The van der Waals surface area contributed by atoms with Crippen LogP contribution in [0.3, 0.4) is 0 Å². The fourth-order valence-electron chi connectivity index (χ4n) is 2.79. The highest BCUT2D eigenvalue weighted by Crippen LogP contribution is 2.23. The molecule has 144 valence electrons. The molecule has 3 rings (SSSR count). The normalized spacial score (nSPS) is 10.1. The molecule has 0 fully saturated rings. The van der Waals surface area contributed by atoms with Crippen LogP contribution in [0.2, 0.25) is 0 Å². The molecule has 1 aromatic heterocycles. The zero-order chi connectivity index (χ0) is 20.3. The topological polar surface area (TPSA) is 42.0 Å². The van der Waals surface area contributed by atoms with E-state index < -0.39 is 0 Å². The molecule has 0 saturated carbocycles. The number of ketones is 1. The highest BCUT2D eigenvalue weighted by molar-refractivity contribution is 6.08. The van der Waals surface area contributed by atoms with E-state index in [1.54, 1.807) is 12.4 Å². The van der Waals surface area contributed by atoms with Gasteiger partial charge in [0.05, 0.1) is 0 Å². The summed E-state index contributed by atoms with van der Waals surface area (Å²) in [7, 11) is 0. The molecular weight excluding hydrogens is 332 g/mol. The molecule has 1 N–H and O–H groups in total. The summed E-state index contributed by atoms with van der Waals surface area (Å²) in [6.07, 6.45) is 3.86. The summed E-state index contributed by atoms with van der Waals surface area (Å²) in [5.74, 6) is 0.0998. The van der Waals surface area contributed by atoms with Gasteiger partial charge < -0.3 is 5.32 Å². The number of carbonyl (C=O) groups is 1. The van der Waals surface area contributed by atoms with Crippen molar-refractivity contribution in [2.24, 2.45) is 0 Å². The second kappa shape index (κ2) is 11.1. The zero-order valence-electron chi connectivity index (χ0n) is 17.4. The van der Waals surface area contributed by atoms with E-state index in [2.05, 4.69) is 10.3 Å². The van der Waals surface area contributed by atoms with E-state index in [9.17, 15) is 4.79 Å².